The summed E-state index contributed by atoms with van der Waals surface area (Å²) >= 11 is 0. The third-order valence-electron chi connectivity index (χ3n) is 4.23. The molecule has 114 valence electrons. The van der Waals surface area contributed by atoms with Gasteiger partial charge in [0, 0.05) is 30.6 Å². The fourth-order valence-corrected chi connectivity index (χ4v) is 2.63. The van der Waals surface area contributed by atoms with Gasteiger partial charge in [0.25, 0.3) is 0 Å². The van der Waals surface area contributed by atoms with E-state index in [-0.39, 0.29) is 42.7 Å². The number of halogens is 2. The van der Waals surface area contributed by atoms with Gasteiger partial charge in [0.2, 0.25) is 5.91 Å². The number of nitrogens with one attached hydrogen (secondary N) is 1. The van der Waals surface area contributed by atoms with Crippen LogP contribution in [-0.4, -0.2) is 42.5 Å². The zero-order chi connectivity index (χ0) is 12.4. The lowest BCUT2D eigenvalue weighted by molar-refractivity contribution is -0.125. The van der Waals surface area contributed by atoms with Crippen molar-refractivity contribution in [3.63, 3.8) is 0 Å². The van der Waals surface area contributed by atoms with E-state index in [1.807, 2.05) is 0 Å². The molecule has 0 saturated heterocycles. The molecule has 4 nitrogen and oxygen atoms in total. The molecule has 2 rings (SSSR count). The van der Waals surface area contributed by atoms with Crippen LogP contribution >= 0.6 is 24.8 Å². The topological polar surface area (TPSA) is 58.4 Å². The van der Waals surface area contributed by atoms with Gasteiger partial charge in [-0.3, -0.25) is 9.69 Å². The number of carbonyl (C=O) groups is 1. The standard InChI is InChI=1S/C13H25N3O.2ClH/c1-9(16(2)12-5-6-12)8-15-13(17)10-3-4-11(14)7-10;;/h9-12H,3-8,14H2,1-2H3,(H,15,17);2*1H. The Bertz CT molecular complexity index is 287. The van der Waals surface area contributed by atoms with E-state index in [1.165, 1.54) is 12.8 Å². The smallest absolute Gasteiger partial charge is 0.223 e. The Hall–Kier alpha value is -0.0300. The van der Waals surface area contributed by atoms with Crippen LogP contribution in [0.1, 0.15) is 39.0 Å². The summed E-state index contributed by atoms with van der Waals surface area (Å²) in [6.07, 6.45) is 5.44. The second kappa shape index (κ2) is 8.30. The number of nitrogens with two attached hydrogens (primary N) is 1. The maximum Gasteiger partial charge on any atom is 0.223 e. The van der Waals surface area contributed by atoms with Crippen LogP contribution in [0.15, 0.2) is 0 Å². The molecule has 3 N–H and O–H groups in total. The number of hydrogen-bond acceptors (Lipinski definition) is 3. The van der Waals surface area contributed by atoms with Crippen LogP contribution in [0.2, 0.25) is 0 Å². The summed E-state index contributed by atoms with van der Waals surface area (Å²) < 4.78 is 0. The van der Waals surface area contributed by atoms with E-state index in [0.717, 1.165) is 31.8 Å². The molecule has 0 aromatic rings. The molecule has 0 heterocycles. The summed E-state index contributed by atoms with van der Waals surface area (Å²) in [4.78, 5) is 14.3. The summed E-state index contributed by atoms with van der Waals surface area (Å²) in [5.41, 5.74) is 5.83. The maximum atomic E-state index is 11.9. The second-order valence-corrected chi connectivity index (χ2v) is 5.76. The molecule has 0 aliphatic heterocycles. The predicted octanol–water partition coefficient (Wildman–Crippen LogP) is 1.56. The first kappa shape index (κ1) is 19.0. The van der Waals surface area contributed by atoms with Gasteiger partial charge in [0.15, 0.2) is 0 Å². The average molecular weight is 312 g/mol. The molecule has 6 heteroatoms. The summed E-state index contributed by atoms with van der Waals surface area (Å²) in [7, 11) is 2.15. The zero-order valence-corrected chi connectivity index (χ0v) is 13.4. The minimum atomic E-state index is 0. The summed E-state index contributed by atoms with van der Waals surface area (Å²) in [5, 5.41) is 3.07. The molecule has 0 radical (unpaired) electrons. The number of carbonyl (C=O) groups excluding carboxylic acids is 1. The first-order valence-corrected chi connectivity index (χ1v) is 6.83. The first-order valence-electron chi connectivity index (χ1n) is 6.83. The van der Waals surface area contributed by atoms with Gasteiger partial charge in [-0.05, 0) is 46.1 Å². The lowest BCUT2D eigenvalue weighted by atomic mass is 10.1. The van der Waals surface area contributed by atoms with Crippen LogP contribution in [-0.2, 0) is 4.79 Å². The molecule has 0 spiro atoms. The monoisotopic (exact) mass is 311 g/mol. The molecule has 3 unspecified atom stereocenters. The van der Waals surface area contributed by atoms with Crippen LogP contribution in [0.4, 0.5) is 0 Å². The maximum absolute atomic E-state index is 11.9. The fourth-order valence-electron chi connectivity index (χ4n) is 2.63. The highest BCUT2D eigenvalue weighted by Crippen LogP contribution is 2.27. The van der Waals surface area contributed by atoms with Gasteiger partial charge in [-0.25, -0.2) is 0 Å². The molecule has 2 saturated carbocycles. The summed E-state index contributed by atoms with van der Waals surface area (Å²) in [6.45, 7) is 2.94. The van der Waals surface area contributed by atoms with E-state index < -0.39 is 0 Å². The van der Waals surface area contributed by atoms with Crippen molar-refractivity contribution in [1.29, 1.82) is 0 Å². The van der Waals surface area contributed by atoms with Gasteiger partial charge in [-0.15, -0.1) is 24.8 Å². The zero-order valence-electron chi connectivity index (χ0n) is 11.8. The predicted molar refractivity (Wildman–Crippen MR) is 83.1 cm³/mol. The van der Waals surface area contributed by atoms with Crippen molar-refractivity contribution in [2.75, 3.05) is 13.6 Å². The molecular formula is C13H27Cl2N3O. The molecule has 2 fully saturated rings. The first-order chi connectivity index (χ1) is 8.08. The van der Waals surface area contributed by atoms with Gasteiger partial charge < -0.3 is 11.1 Å². The van der Waals surface area contributed by atoms with Crippen molar-refractivity contribution in [2.45, 2.75) is 57.2 Å². The number of hydrogen-bond donors (Lipinski definition) is 2. The third kappa shape index (κ3) is 5.46. The molecule has 0 bridgehead atoms. The van der Waals surface area contributed by atoms with Gasteiger partial charge in [-0.1, -0.05) is 0 Å². The van der Waals surface area contributed by atoms with E-state index in [0.29, 0.717) is 6.04 Å². The number of nitrogens with zero attached hydrogens (tertiary/aromatic N) is 1. The van der Waals surface area contributed by atoms with Crippen molar-refractivity contribution in [1.82, 2.24) is 10.2 Å². The molecular weight excluding hydrogens is 285 g/mol. The molecule has 0 aromatic heterocycles. The van der Waals surface area contributed by atoms with E-state index in [4.69, 9.17) is 5.73 Å². The summed E-state index contributed by atoms with van der Waals surface area (Å²) in [6, 6.07) is 1.42. The Morgan fingerprint density at radius 1 is 1.32 bits per heavy atom. The quantitative estimate of drug-likeness (QED) is 0.810. The van der Waals surface area contributed by atoms with Crippen molar-refractivity contribution >= 4 is 30.7 Å². The molecule has 2 aliphatic rings. The third-order valence-corrected chi connectivity index (χ3v) is 4.23. The van der Waals surface area contributed by atoms with E-state index in [9.17, 15) is 4.79 Å². The van der Waals surface area contributed by atoms with Gasteiger partial charge in [0.1, 0.15) is 0 Å². The highest BCUT2D eigenvalue weighted by atomic mass is 35.5. The van der Waals surface area contributed by atoms with Crippen molar-refractivity contribution in [3.05, 3.63) is 0 Å². The highest BCUT2D eigenvalue weighted by molar-refractivity contribution is 5.85. The Morgan fingerprint density at radius 3 is 2.42 bits per heavy atom. The van der Waals surface area contributed by atoms with Crippen LogP contribution in [0.25, 0.3) is 0 Å². The van der Waals surface area contributed by atoms with E-state index >= 15 is 0 Å². The Morgan fingerprint density at radius 2 is 1.95 bits per heavy atom. The van der Waals surface area contributed by atoms with Crippen molar-refractivity contribution in [3.8, 4) is 0 Å². The van der Waals surface area contributed by atoms with Crippen LogP contribution in [0, 0.1) is 5.92 Å². The Labute approximate surface area is 128 Å². The minimum absolute atomic E-state index is 0. The largest absolute Gasteiger partial charge is 0.354 e. The Balaban J connectivity index is 0.00000162. The molecule has 2 aliphatic carbocycles. The molecule has 3 atom stereocenters. The fraction of sp³-hybridized carbons (Fsp3) is 0.923. The molecule has 1 amide bonds. The molecule has 0 aromatic carbocycles. The minimum Gasteiger partial charge on any atom is -0.354 e. The van der Waals surface area contributed by atoms with Crippen LogP contribution in [0.3, 0.4) is 0 Å². The average Bonchev–Trinajstić information content (AvgIpc) is 3.07. The summed E-state index contributed by atoms with van der Waals surface area (Å²) in [5.74, 6) is 0.359. The van der Waals surface area contributed by atoms with Crippen LogP contribution in [0.5, 0.6) is 0 Å². The Kier molecular flexibility index (Phi) is 8.29. The second-order valence-electron chi connectivity index (χ2n) is 5.76. The lowest BCUT2D eigenvalue weighted by Crippen LogP contribution is -2.42. The molecule has 19 heavy (non-hydrogen) atoms. The normalized spacial score (nSPS) is 27.4. The van der Waals surface area contributed by atoms with Gasteiger partial charge in [0.05, 0.1) is 0 Å². The van der Waals surface area contributed by atoms with E-state index in [2.05, 4.69) is 24.2 Å². The van der Waals surface area contributed by atoms with Gasteiger partial charge in [-0.2, -0.15) is 0 Å². The highest BCUT2D eigenvalue weighted by Gasteiger charge is 2.30. The number of amides is 1. The SMILES string of the molecule is CC(CNC(=O)C1CCC(N)C1)N(C)C1CC1.Cl.Cl. The van der Waals surface area contributed by atoms with Gasteiger partial charge >= 0.3 is 0 Å². The number of rotatable bonds is 5. The van der Waals surface area contributed by atoms with Crippen LogP contribution < -0.4 is 11.1 Å². The lowest BCUT2D eigenvalue weighted by Gasteiger charge is -2.25. The van der Waals surface area contributed by atoms with Crippen molar-refractivity contribution < 1.29 is 4.79 Å². The van der Waals surface area contributed by atoms with E-state index in [1.54, 1.807) is 0 Å². The number of likely N-dealkylation sites (N-methyl/N-ethyl adjacent to an activating group) is 1. The van der Waals surface area contributed by atoms with Crippen molar-refractivity contribution in [2.24, 2.45) is 11.7 Å².